The van der Waals surface area contributed by atoms with Crippen LogP contribution in [-0.2, 0) is 13.8 Å². The number of nitrogens with two attached hydrogens (primary N) is 1. The highest BCUT2D eigenvalue weighted by atomic mass is 31.2. The van der Waals surface area contributed by atoms with Crippen molar-refractivity contribution in [2.45, 2.75) is 31.8 Å². The molecule has 0 bridgehead atoms. The van der Waals surface area contributed by atoms with Crippen LogP contribution in [0.15, 0.2) is 6.30 Å². The minimum Gasteiger partial charge on any atom is -0.476 e. The van der Waals surface area contributed by atoms with Gasteiger partial charge in [-0.1, -0.05) is 0 Å². The average Bonchev–Trinajstić information content (AvgIpc) is 3.04. The topological polar surface area (TPSA) is 175 Å². The zero-order valence-corrected chi connectivity index (χ0v) is 14.0. The van der Waals surface area contributed by atoms with Crippen LogP contribution in [0.2, 0.25) is 0 Å². The predicted octanol–water partition coefficient (Wildman–Crippen LogP) is -0.435. The Balaban J connectivity index is 1.91. The Labute approximate surface area is 143 Å². The van der Waals surface area contributed by atoms with Crippen LogP contribution in [0.25, 0.3) is 11.2 Å². The van der Waals surface area contributed by atoms with E-state index in [1.807, 2.05) is 0 Å². The fraction of sp³-hybridized carbons (Fsp3) is 0.583. The number of aliphatic hydroxyl groups excluding tert-OH is 1. The molecule has 0 amide bonds. The van der Waals surface area contributed by atoms with Crippen LogP contribution >= 0.6 is 7.82 Å². The molecule has 5 N–H and O–H groups in total. The molecule has 138 valence electrons. The number of aromatic nitrogens is 4. The van der Waals surface area contributed by atoms with Gasteiger partial charge in [-0.15, -0.1) is 0 Å². The number of nitrogens with zero attached hydrogens (tertiary/aromatic N) is 4. The highest BCUT2D eigenvalue weighted by Crippen LogP contribution is 2.38. The molecule has 2 aromatic rings. The summed E-state index contributed by atoms with van der Waals surface area (Å²) in [5, 5.41) is 10.1. The van der Waals surface area contributed by atoms with Crippen molar-refractivity contribution in [3.63, 3.8) is 0 Å². The second kappa shape index (κ2) is 6.83. The van der Waals surface area contributed by atoms with Crippen LogP contribution < -0.4 is 10.5 Å². The van der Waals surface area contributed by atoms with Crippen LogP contribution in [0, 0.1) is 0 Å². The normalized spacial score (nSPS) is 24.6. The summed E-state index contributed by atoms with van der Waals surface area (Å²) < 4.78 is 35.5. The van der Waals surface area contributed by atoms with Gasteiger partial charge < -0.3 is 30.1 Å². The summed E-state index contributed by atoms with van der Waals surface area (Å²) >= 11 is 0. The Bertz CT molecular complexity index is 858. The van der Waals surface area contributed by atoms with Gasteiger partial charge in [-0.25, -0.2) is 9.55 Å². The molecule has 12 nitrogen and oxygen atoms in total. The lowest BCUT2D eigenvalue weighted by atomic mass is 10.2. The first-order chi connectivity index (χ1) is 12.2. The second-order valence-electron chi connectivity index (χ2n) is 5.29. The zero-order valence-electron chi connectivity index (χ0n) is 14.1. The van der Waals surface area contributed by atoms with Gasteiger partial charge in [0.2, 0.25) is 11.8 Å². The van der Waals surface area contributed by atoms with Crippen LogP contribution in [-0.4, -0.2) is 59.8 Å². The van der Waals surface area contributed by atoms with Gasteiger partial charge in [-0.3, -0.25) is 9.09 Å². The number of hydrogen-bond acceptors (Lipinski definition) is 9. The van der Waals surface area contributed by atoms with E-state index in [0.717, 1.165) is 0 Å². The van der Waals surface area contributed by atoms with E-state index < -0.39 is 32.9 Å². The van der Waals surface area contributed by atoms with Crippen molar-refractivity contribution in [1.82, 2.24) is 19.5 Å². The van der Waals surface area contributed by atoms with Crippen LogP contribution in [0.5, 0.6) is 5.88 Å². The third kappa shape index (κ3) is 3.89. The number of ether oxygens (including phenoxy) is 2. The first-order valence-corrected chi connectivity index (χ1v) is 8.91. The fourth-order valence-corrected chi connectivity index (χ4v) is 2.83. The summed E-state index contributed by atoms with van der Waals surface area (Å²) in [6.45, 7) is 1.56. The molecule has 1 saturated heterocycles. The lowest BCUT2D eigenvalue weighted by Gasteiger charge is -2.16. The maximum Gasteiger partial charge on any atom is 0.469 e. The van der Waals surface area contributed by atoms with Gasteiger partial charge in [0, 0.05) is 6.42 Å². The molecule has 13 heteroatoms. The molecule has 2 aromatic heterocycles. The van der Waals surface area contributed by atoms with E-state index >= 15 is 0 Å². The Morgan fingerprint density at radius 3 is 3.00 bits per heavy atom. The summed E-state index contributed by atoms with van der Waals surface area (Å²) in [7, 11) is -4.69. The van der Waals surface area contributed by atoms with Crippen LogP contribution in [0.3, 0.4) is 0 Å². The Hall–Kier alpha value is -1.82. The Kier molecular flexibility index (Phi) is 4.54. The van der Waals surface area contributed by atoms with Crippen LogP contribution in [0.4, 0.5) is 5.95 Å². The molecule has 0 radical (unpaired) electrons. The van der Waals surface area contributed by atoms with Crippen molar-refractivity contribution in [3.05, 3.63) is 6.30 Å². The number of nitrogen functional groups attached to an aromatic ring is 1. The largest absolute Gasteiger partial charge is 0.476 e. The van der Waals surface area contributed by atoms with Crippen molar-refractivity contribution < 1.29 is 34.8 Å². The standard InChI is InChI=1S/C12H18N5O7P/c1-2-22-11-9-10(15-12(13)16-11)17(5-14-9)8-3-6(18)7(24-8)4-23-25(19,20)21/h5-8,18H,2-4H2,1H3,(H2,13,15,16)(H2,19,20,21)/t6-,7+,8+/m0/s1/i5T. The molecule has 1 aliphatic heterocycles. The first kappa shape index (κ1) is 16.6. The average molecular weight is 377 g/mol. The molecule has 0 spiro atoms. The maximum atomic E-state index is 10.8. The van der Waals surface area contributed by atoms with E-state index in [4.69, 9.17) is 26.4 Å². The number of phosphoric ester groups is 1. The van der Waals surface area contributed by atoms with Crippen molar-refractivity contribution in [1.29, 1.82) is 0 Å². The predicted molar refractivity (Wildman–Crippen MR) is 83.4 cm³/mol. The van der Waals surface area contributed by atoms with E-state index in [1.54, 1.807) is 6.92 Å². The minimum atomic E-state index is -4.69. The number of aliphatic hydroxyl groups is 1. The van der Waals surface area contributed by atoms with Gasteiger partial charge in [-0.2, -0.15) is 9.97 Å². The van der Waals surface area contributed by atoms with E-state index in [1.165, 1.54) is 4.57 Å². The lowest BCUT2D eigenvalue weighted by molar-refractivity contribution is -0.0424. The quantitative estimate of drug-likeness (QED) is 0.480. The smallest absolute Gasteiger partial charge is 0.469 e. The lowest BCUT2D eigenvalue weighted by Crippen LogP contribution is -2.25. The number of anilines is 1. The van der Waals surface area contributed by atoms with E-state index in [-0.39, 0.29) is 35.7 Å². The van der Waals surface area contributed by atoms with Gasteiger partial charge in [0.25, 0.3) is 0 Å². The van der Waals surface area contributed by atoms with E-state index in [0.29, 0.717) is 6.61 Å². The molecule has 1 aliphatic rings. The molecule has 1 fully saturated rings. The molecule has 3 rings (SSSR count). The number of rotatable bonds is 6. The molecule has 0 aliphatic carbocycles. The molecule has 3 atom stereocenters. The third-order valence-electron chi connectivity index (χ3n) is 3.53. The summed E-state index contributed by atoms with van der Waals surface area (Å²) in [5.74, 6) is 0.0456. The molecule has 0 saturated carbocycles. The van der Waals surface area contributed by atoms with Crippen molar-refractivity contribution in [3.8, 4) is 5.88 Å². The summed E-state index contributed by atoms with van der Waals surface area (Å²) in [5.41, 5.74) is 6.10. The number of phosphoric acid groups is 1. The molecular weight excluding hydrogens is 357 g/mol. The van der Waals surface area contributed by atoms with Gasteiger partial charge in [0.1, 0.15) is 13.7 Å². The molecular formula is C12H18N5O7P. The van der Waals surface area contributed by atoms with Crippen molar-refractivity contribution in [2.75, 3.05) is 18.9 Å². The van der Waals surface area contributed by atoms with E-state index in [2.05, 4.69) is 19.5 Å². The summed E-state index contributed by atoms with van der Waals surface area (Å²) in [4.78, 5) is 29.6. The summed E-state index contributed by atoms with van der Waals surface area (Å²) in [6, 6.07) is 0. The minimum absolute atomic E-state index is 0.0421. The SMILES string of the molecule is [3H]c1nc2c(OCC)nc(N)nc2n1[C@H]1C[C@H](O)[C@@H](COP(=O)(O)O)O1. The zero-order chi connectivity index (χ0) is 19.1. The van der Waals surface area contributed by atoms with Crippen LogP contribution in [0.1, 0.15) is 20.9 Å². The summed E-state index contributed by atoms with van der Waals surface area (Å²) in [6.07, 6.45) is -3.07. The highest BCUT2D eigenvalue weighted by molar-refractivity contribution is 7.46. The van der Waals surface area contributed by atoms with Gasteiger partial charge in [0.15, 0.2) is 11.2 Å². The monoisotopic (exact) mass is 377 g/mol. The highest BCUT2D eigenvalue weighted by Gasteiger charge is 2.37. The maximum absolute atomic E-state index is 10.8. The molecule has 25 heavy (non-hydrogen) atoms. The van der Waals surface area contributed by atoms with Gasteiger partial charge in [-0.05, 0) is 6.92 Å². The Morgan fingerprint density at radius 2 is 2.32 bits per heavy atom. The number of hydrogen-bond donors (Lipinski definition) is 4. The van der Waals surface area contributed by atoms with Crippen molar-refractivity contribution in [2.24, 2.45) is 0 Å². The van der Waals surface area contributed by atoms with E-state index in [9.17, 15) is 9.67 Å². The van der Waals surface area contributed by atoms with Gasteiger partial charge >= 0.3 is 7.82 Å². The molecule has 0 aromatic carbocycles. The molecule has 3 heterocycles. The van der Waals surface area contributed by atoms with Crippen molar-refractivity contribution >= 4 is 24.9 Å². The third-order valence-corrected chi connectivity index (χ3v) is 4.01. The second-order valence-corrected chi connectivity index (χ2v) is 6.53. The first-order valence-electron chi connectivity index (χ1n) is 7.88. The number of fused-ring (bicyclic) bond motifs is 1. The number of imidazole rings is 1. The fourth-order valence-electron chi connectivity index (χ4n) is 2.49. The van der Waals surface area contributed by atoms with Gasteiger partial charge in [0.05, 0.1) is 25.6 Å². The Morgan fingerprint density at radius 1 is 1.56 bits per heavy atom. The molecule has 0 unspecified atom stereocenters.